The molecule has 2 aromatic heterocycles. The van der Waals surface area contributed by atoms with Gasteiger partial charge in [-0.1, -0.05) is 6.07 Å². The maximum Gasteiger partial charge on any atom is 0.136 e. The summed E-state index contributed by atoms with van der Waals surface area (Å²) >= 11 is 0. The van der Waals surface area contributed by atoms with Crippen LogP contribution in [0.2, 0.25) is 0 Å². The molecule has 0 aliphatic carbocycles. The molecule has 0 bridgehead atoms. The van der Waals surface area contributed by atoms with Crippen molar-refractivity contribution in [3.05, 3.63) is 36.0 Å². The normalized spacial score (nSPS) is 16.6. The Kier molecular flexibility index (Phi) is 3.67. The SMILES string of the molecule is CCn1cnnc1C1CCN(c2cccc(C)n2)CC1. The van der Waals surface area contributed by atoms with Gasteiger partial charge in [-0.05, 0) is 38.8 Å². The van der Waals surface area contributed by atoms with Crippen LogP contribution in [-0.4, -0.2) is 32.8 Å². The Morgan fingerprint density at radius 2 is 2.05 bits per heavy atom. The molecule has 1 fully saturated rings. The molecule has 1 aliphatic rings. The Morgan fingerprint density at radius 3 is 2.75 bits per heavy atom. The van der Waals surface area contributed by atoms with Crippen LogP contribution in [0.1, 0.15) is 37.2 Å². The predicted molar refractivity (Wildman–Crippen MR) is 78.9 cm³/mol. The van der Waals surface area contributed by atoms with Gasteiger partial charge in [0, 0.05) is 31.2 Å². The minimum Gasteiger partial charge on any atom is -0.357 e. The van der Waals surface area contributed by atoms with Crippen molar-refractivity contribution in [1.82, 2.24) is 19.7 Å². The van der Waals surface area contributed by atoms with Crippen molar-refractivity contribution in [3.63, 3.8) is 0 Å². The van der Waals surface area contributed by atoms with E-state index in [2.05, 4.69) is 43.7 Å². The van der Waals surface area contributed by atoms with Crippen LogP contribution < -0.4 is 4.90 Å². The molecule has 3 rings (SSSR count). The summed E-state index contributed by atoms with van der Waals surface area (Å²) in [6, 6.07) is 6.22. The average molecular weight is 271 g/mol. The highest BCUT2D eigenvalue weighted by molar-refractivity contribution is 5.39. The summed E-state index contributed by atoms with van der Waals surface area (Å²) in [6.07, 6.45) is 4.08. The molecule has 0 N–H and O–H groups in total. The number of aryl methyl sites for hydroxylation is 2. The number of hydrogen-bond donors (Lipinski definition) is 0. The molecule has 0 saturated carbocycles. The van der Waals surface area contributed by atoms with Crippen molar-refractivity contribution < 1.29 is 0 Å². The molecule has 3 heterocycles. The predicted octanol–water partition coefficient (Wildman–Crippen LogP) is 2.39. The van der Waals surface area contributed by atoms with E-state index in [-0.39, 0.29) is 0 Å². The second-order valence-corrected chi connectivity index (χ2v) is 5.37. The molecule has 1 saturated heterocycles. The van der Waals surface area contributed by atoms with E-state index in [9.17, 15) is 0 Å². The summed E-state index contributed by atoms with van der Waals surface area (Å²) in [5.74, 6) is 2.77. The first-order chi connectivity index (χ1) is 9.78. The Hall–Kier alpha value is -1.91. The number of nitrogens with zero attached hydrogens (tertiary/aromatic N) is 5. The highest BCUT2D eigenvalue weighted by Gasteiger charge is 2.24. The summed E-state index contributed by atoms with van der Waals surface area (Å²) in [5, 5.41) is 8.35. The number of rotatable bonds is 3. The topological polar surface area (TPSA) is 46.8 Å². The summed E-state index contributed by atoms with van der Waals surface area (Å²) in [6.45, 7) is 7.20. The third kappa shape index (κ3) is 2.53. The monoisotopic (exact) mass is 271 g/mol. The van der Waals surface area contributed by atoms with Gasteiger partial charge < -0.3 is 9.47 Å². The first kappa shape index (κ1) is 13.1. The fraction of sp³-hybridized carbons (Fsp3) is 0.533. The molecule has 0 amide bonds. The summed E-state index contributed by atoms with van der Waals surface area (Å²) in [5.41, 5.74) is 1.08. The molecule has 5 heteroatoms. The minimum atomic E-state index is 0.526. The van der Waals surface area contributed by atoms with Gasteiger partial charge in [0.1, 0.15) is 18.0 Å². The first-order valence-corrected chi connectivity index (χ1v) is 7.34. The van der Waals surface area contributed by atoms with E-state index in [4.69, 9.17) is 0 Å². The average Bonchev–Trinajstić information content (AvgIpc) is 2.96. The van der Waals surface area contributed by atoms with Crippen molar-refractivity contribution in [3.8, 4) is 0 Å². The van der Waals surface area contributed by atoms with Crippen LogP contribution in [0.3, 0.4) is 0 Å². The molecule has 0 radical (unpaired) electrons. The van der Waals surface area contributed by atoms with Crippen LogP contribution >= 0.6 is 0 Å². The lowest BCUT2D eigenvalue weighted by Gasteiger charge is -2.32. The minimum absolute atomic E-state index is 0.526. The molecule has 2 aromatic rings. The zero-order valence-corrected chi connectivity index (χ0v) is 12.2. The molecular weight excluding hydrogens is 250 g/mol. The maximum atomic E-state index is 4.61. The van der Waals surface area contributed by atoms with Crippen LogP contribution in [0.5, 0.6) is 0 Å². The number of pyridine rings is 1. The largest absolute Gasteiger partial charge is 0.357 e. The van der Waals surface area contributed by atoms with Crippen LogP contribution in [0.25, 0.3) is 0 Å². The van der Waals surface area contributed by atoms with Gasteiger partial charge in [0.15, 0.2) is 0 Å². The van der Waals surface area contributed by atoms with Gasteiger partial charge in [-0.25, -0.2) is 4.98 Å². The van der Waals surface area contributed by atoms with E-state index in [1.165, 1.54) is 0 Å². The van der Waals surface area contributed by atoms with E-state index in [1.54, 1.807) is 0 Å². The lowest BCUT2D eigenvalue weighted by molar-refractivity contribution is 0.465. The van der Waals surface area contributed by atoms with Crippen molar-refractivity contribution in [2.45, 2.75) is 39.2 Å². The summed E-state index contributed by atoms with van der Waals surface area (Å²) in [4.78, 5) is 6.98. The Balaban J connectivity index is 1.68. The lowest BCUT2D eigenvalue weighted by atomic mass is 9.96. The molecule has 0 spiro atoms. The lowest BCUT2D eigenvalue weighted by Crippen LogP contribution is -2.34. The molecule has 106 valence electrons. The molecule has 0 unspecified atom stereocenters. The number of piperidine rings is 1. The first-order valence-electron chi connectivity index (χ1n) is 7.34. The number of anilines is 1. The quantitative estimate of drug-likeness (QED) is 0.860. The maximum absolute atomic E-state index is 4.61. The Morgan fingerprint density at radius 1 is 1.25 bits per heavy atom. The summed E-state index contributed by atoms with van der Waals surface area (Å²) in [7, 11) is 0. The van der Waals surface area contributed by atoms with Gasteiger partial charge in [-0.15, -0.1) is 10.2 Å². The van der Waals surface area contributed by atoms with Crippen molar-refractivity contribution in [1.29, 1.82) is 0 Å². The van der Waals surface area contributed by atoms with Crippen molar-refractivity contribution in [2.75, 3.05) is 18.0 Å². The third-order valence-corrected chi connectivity index (χ3v) is 4.04. The molecule has 0 atom stereocenters. The van der Waals surface area contributed by atoms with Crippen LogP contribution in [-0.2, 0) is 6.54 Å². The molecule has 1 aliphatic heterocycles. The van der Waals surface area contributed by atoms with E-state index < -0.39 is 0 Å². The fourth-order valence-corrected chi connectivity index (χ4v) is 2.90. The van der Waals surface area contributed by atoms with E-state index >= 15 is 0 Å². The zero-order chi connectivity index (χ0) is 13.9. The highest BCUT2D eigenvalue weighted by atomic mass is 15.3. The Labute approximate surface area is 119 Å². The van der Waals surface area contributed by atoms with E-state index in [0.717, 1.165) is 49.8 Å². The van der Waals surface area contributed by atoms with Crippen molar-refractivity contribution in [2.24, 2.45) is 0 Å². The van der Waals surface area contributed by atoms with Gasteiger partial charge in [-0.2, -0.15) is 0 Å². The number of aromatic nitrogens is 4. The van der Waals surface area contributed by atoms with Gasteiger partial charge in [-0.3, -0.25) is 0 Å². The zero-order valence-electron chi connectivity index (χ0n) is 12.2. The van der Waals surface area contributed by atoms with Crippen LogP contribution in [0.15, 0.2) is 24.5 Å². The standard InChI is InChI=1S/C15H21N5/c1-3-19-11-16-18-15(19)13-7-9-20(10-8-13)14-6-4-5-12(2)17-14/h4-6,11,13H,3,7-10H2,1-2H3. The second kappa shape index (κ2) is 5.61. The molecule has 20 heavy (non-hydrogen) atoms. The van der Waals surface area contributed by atoms with E-state index in [1.807, 2.05) is 19.3 Å². The van der Waals surface area contributed by atoms with Crippen LogP contribution in [0, 0.1) is 6.92 Å². The smallest absolute Gasteiger partial charge is 0.136 e. The van der Waals surface area contributed by atoms with Gasteiger partial charge in [0.25, 0.3) is 0 Å². The van der Waals surface area contributed by atoms with Gasteiger partial charge >= 0.3 is 0 Å². The Bertz CT molecular complexity index is 569. The second-order valence-electron chi connectivity index (χ2n) is 5.37. The van der Waals surface area contributed by atoms with Gasteiger partial charge in [0.2, 0.25) is 0 Å². The fourth-order valence-electron chi connectivity index (χ4n) is 2.90. The number of hydrogen-bond acceptors (Lipinski definition) is 4. The third-order valence-electron chi connectivity index (χ3n) is 4.04. The van der Waals surface area contributed by atoms with Crippen molar-refractivity contribution >= 4 is 5.82 Å². The summed E-state index contributed by atoms with van der Waals surface area (Å²) < 4.78 is 2.16. The van der Waals surface area contributed by atoms with Gasteiger partial charge in [0.05, 0.1) is 0 Å². The van der Waals surface area contributed by atoms with E-state index in [0.29, 0.717) is 5.92 Å². The molecule has 0 aromatic carbocycles. The highest BCUT2D eigenvalue weighted by Crippen LogP contribution is 2.28. The molecular formula is C15H21N5. The van der Waals surface area contributed by atoms with Crippen LogP contribution in [0.4, 0.5) is 5.82 Å². The molecule has 5 nitrogen and oxygen atoms in total.